The number of aryl methyl sites for hydroxylation is 1. The quantitative estimate of drug-likeness (QED) is 0.780. The zero-order chi connectivity index (χ0) is 11.5. The van der Waals surface area contributed by atoms with Crippen LogP contribution in [0, 0.1) is 6.92 Å². The molecule has 0 aromatic heterocycles. The third-order valence-corrected chi connectivity index (χ3v) is 3.13. The van der Waals surface area contributed by atoms with E-state index in [0.29, 0.717) is 5.75 Å². The van der Waals surface area contributed by atoms with E-state index in [9.17, 15) is 8.42 Å². The van der Waals surface area contributed by atoms with Crippen molar-refractivity contribution in [3.63, 3.8) is 0 Å². The second-order valence-electron chi connectivity index (χ2n) is 2.92. The summed E-state index contributed by atoms with van der Waals surface area (Å²) in [7, 11) is -0.810. The predicted octanol–water partition coefficient (Wildman–Crippen LogP) is 0.843. The van der Waals surface area contributed by atoms with Gasteiger partial charge >= 0.3 is 0 Å². The third kappa shape index (κ3) is 2.68. The Labute approximate surface area is 89.0 Å². The number of hydrogen-bond acceptors (Lipinski definition) is 4. The summed E-state index contributed by atoms with van der Waals surface area (Å²) >= 11 is 0. The first-order valence-electron chi connectivity index (χ1n) is 4.20. The van der Waals surface area contributed by atoms with Gasteiger partial charge < -0.3 is 4.74 Å². The molecule has 6 heteroatoms. The molecule has 0 fully saturated rings. The van der Waals surface area contributed by atoms with Crippen LogP contribution < -0.4 is 9.62 Å². The molecule has 0 unspecified atom stereocenters. The van der Waals surface area contributed by atoms with Gasteiger partial charge in [-0.05, 0) is 30.7 Å². The maximum absolute atomic E-state index is 11.5. The van der Waals surface area contributed by atoms with Crippen molar-refractivity contribution in [2.24, 2.45) is 0 Å². The van der Waals surface area contributed by atoms with Gasteiger partial charge in [-0.25, -0.2) is 8.42 Å². The van der Waals surface area contributed by atoms with Gasteiger partial charge in [-0.2, -0.15) is 0 Å². The molecule has 0 radical (unpaired) electrons. The number of methoxy groups -OCH3 is 1. The van der Waals surface area contributed by atoms with Crippen LogP contribution in [0.1, 0.15) is 5.56 Å². The van der Waals surface area contributed by atoms with E-state index in [-0.39, 0.29) is 4.90 Å². The lowest BCUT2D eigenvalue weighted by atomic mass is 10.2. The minimum absolute atomic E-state index is 0.141. The second-order valence-corrected chi connectivity index (χ2v) is 4.57. The number of nitrogens with one attached hydrogen (secondary N) is 1. The molecule has 5 nitrogen and oxygen atoms in total. The summed E-state index contributed by atoms with van der Waals surface area (Å²) in [6, 6.07) is 4.56. The van der Waals surface area contributed by atoms with Gasteiger partial charge in [0.15, 0.2) is 0 Å². The normalized spacial score (nSPS) is 11.4. The van der Waals surface area contributed by atoms with Crippen LogP contribution in [0.4, 0.5) is 0 Å². The average Bonchev–Trinajstić information content (AvgIpc) is 2.17. The fourth-order valence-corrected chi connectivity index (χ4v) is 2.07. The van der Waals surface area contributed by atoms with E-state index in [1.54, 1.807) is 13.0 Å². The van der Waals surface area contributed by atoms with Gasteiger partial charge in [0.25, 0.3) is 10.0 Å². The summed E-state index contributed by atoms with van der Waals surface area (Å²) in [4.78, 5) is 6.46. The van der Waals surface area contributed by atoms with Crippen molar-refractivity contribution < 1.29 is 18.0 Å². The minimum atomic E-state index is -3.59. The molecule has 0 heterocycles. The van der Waals surface area contributed by atoms with Gasteiger partial charge in [-0.15, -0.1) is 0 Å². The highest BCUT2D eigenvalue weighted by Gasteiger charge is 2.14. The predicted molar refractivity (Wildman–Crippen MR) is 55.1 cm³/mol. The van der Waals surface area contributed by atoms with Crippen LogP contribution in [0.3, 0.4) is 0 Å². The van der Waals surface area contributed by atoms with Crippen LogP contribution in [-0.4, -0.2) is 22.6 Å². The molecule has 0 bridgehead atoms. The molecule has 0 saturated heterocycles. The van der Waals surface area contributed by atoms with Crippen molar-refractivity contribution in [3.05, 3.63) is 23.8 Å². The molecular weight excluding hydrogens is 218 g/mol. The molecular formula is C9H13NO4S. The van der Waals surface area contributed by atoms with E-state index < -0.39 is 10.0 Å². The summed E-state index contributed by atoms with van der Waals surface area (Å²) in [5, 5.41) is 0. The first kappa shape index (κ1) is 12.0. The van der Waals surface area contributed by atoms with Gasteiger partial charge in [0.05, 0.1) is 19.1 Å². The Hall–Kier alpha value is -1.11. The molecule has 84 valence electrons. The summed E-state index contributed by atoms with van der Waals surface area (Å²) in [5.74, 6) is 0.645. The summed E-state index contributed by atoms with van der Waals surface area (Å²) in [6.07, 6.45) is 0. The second kappa shape index (κ2) is 4.61. The molecule has 1 aromatic carbocycles. The third-order valence-electron chi connectivity index (χ3n) is 1.87. The number of ether oxygens (including phenoxy) is 1. The first-order chi connectivity index (χ1) is 7.01. The van der Waals surface area contributed by atoms with E-state index in [1.807, 2.05) is 4.89 Å². The van der Waals surface area contributed by atoms with Crippen molar-refractivity contribution in [2.75, 3.05) is 14.2 Å². The summed E-state index contributed by atoms with van der Waals surface area (Å²) in [5.41, 5.74) is 0.747. The largest absolute Gasteiger partial charge is 0.496 e. The SMILES string of the molecule is CONS(=O)(=O)c1ccc(OC)c(C)c1. The van der Waals surface area contributed by atoms with Gasteiger partial charge in [0.1, 0.15) is 5.75 Å². The Morgan fingerprint density at radius 3 is 2.40 bits per heavy atom. The molecule has 1 rings (SSSR count). The zero-order valence-corrected chi connectivity index (χ0v) is 9.59. The molecule has 0 aliphatic heterocycles. The first-order valence-corrected chi connectivity index (χ1v) is 5.69. The molecule has 0 spiro atoms. The van der Waals surface area contributed by atoms with E-state index in [1.165, 1.54) is 26.4 Å². The average molecular weight is 231 g/mol. The highest BCUT2D eigenvalue weighted by molar-refractivity contribution is 7.89. The van der Waals surface area contributed by atoms with Crippen LogP contribution >= 0.6 is 0 Å². The van der Waals surface area contributed by atoms with Gasteiger partial charge in [0.2, 0.25) is 0 Å². The minimum Gasteiger partial charge on any atom is -0.496 e. The van der Waals surface area contributed by atoms with Crippen LogP contribution in [0.2, 0.25) is 0 Å². The fourth-order valence-electron chi connectivity index (χ4n) is 1.18. The lowest BCUT2D eigenvalue weighted by Gasteiger charge is -2.08. The van der Waals surface area contributed by atoms with Crippen molar-refractivity contribution in [2.45, 2.75) is 11.8 Å². The molecule has 15 heavy (non-hydrogen) atoms. The summed E-state index contributed by atoms with van der Waals surface area (Å²) in [6.45, 7) is 1.77. The van der Waals surface area contributed by atoms with Crippen molar-refractivity contribution in [1.82, 2.24) is 4.89 Å². The Balaban J connectivity index is 3.13. The van der Waals surface area contributed by atoms with E-state index in [2.05, 4.69) is 4.84 Å². The molecule has 0 aliphatic rings. The maximum Gasteiger partial charge on any atom is 0.262 e. The molecule has 0 atom stereocenters. The fraction of sp³-hybridized carbons (Fsp3) is 0.333. The molecule has 1 aromatic rings. The Bertz CT molecular complexity index is 441. The van der Waals surface area contributed by atoms with Crippen LogP contribution in [0.25, 0.3) is 0 Å². The monoisotopic (exact) mass is 231 g/mol. The van der Waals surface area contributed by atoms with Crippen LogP contribution in [0.5, 0.6) is 5.75 Å². The topological polar surface area (TPSA) is 64.6 Å². The Morgan fingerprint density at radius 1 is 1.27 bits per heavy atom. The number of sulfonamides is 1. The van der Waals surface area contributed by atoms with Gasteiger partial charge in [-0.3, -0.25) is 4.84 Å². The van der Waals surface area contributed by atoms with E-state index >= 15 is 0 Å². The Kier molecular flexibility index (Phi) is 3.67. The van der Waals surface area contributed by atoms with Gasteiger partial charge in [-0.1, -0.05) is 4.89 Å². The standard InChI is InChI=1S/C9H13NO4S/c1-7-6-8(4-5-9(7)13-2)15(11,12)10-14-3/h4-6,10H,1-3H3. The molecule has 0 amide bonds. The zero-order valence-electron chi connectivity index (χ0n) is 8.77. The van der Waals surface area contributed by atoms with E-state index in [4.69, 9.17) is 4.74 Å². The lowest BCUT2D eigenvalue weighted by molar-refractivity contribution is 0.153. The molecule has 0 aliphatic carbocycles. The van der Waals surface area contributed by atoms with E-state index in [0.717, 1.165) is 5.56 Å². The van der Waals surface area contributed by atoms with Crippen molar-refractivity contribution >= 4 is 10.0 Å². The molecule has 0 saturated carbocycles. The van der Waals surface area contributed by atoms with Crippen LogP contribution in [-0.2, 0) is 14.9 Å². The van der Waals surface area contributed by atoms with Crippen molar-refractivity contribution in [3.8, 4) is 5.75 Å². The smallest absolute Gasteiger partial charge is 0.262 e. The number of rotatable bonds is 4. The number of benzene rings is 1. The Morgan fingerprint density at radius 2 is 1.93 bits per heavy atom. The van der Waals surface area contributed by atoms with Crippen LogP contribution in [0.15, 0.2) is 23.1 Å². The highest BCUT2D eigenvalue weighted by atomic mass is 32.2. The highest BCUT2D eigenvalue weighted by Crippen LogP contribution is 2.20. The maximum atomic E-state index is 11.5. The van der Waals surface area contributed by atoms with Crippen molar-refractivity contribution in [1.29, 1.82) is 0 Å². The molecule has 1 N–H and O–H groups in total. The lowest BCUT2D eigenvalue weighted by Crippen LogP contribution is -2.22. The summed E-state index contributed by atoms with van der Waals surface area (Å²) < 4.78 is 28.0. The van der Waals surface area contributed by atoms with Gasteiger partial charge in [0, 0.05) is 0 Å². The number of hydrogen-bond donors (Lipinski definition) is 1.